The summed E-state index contributed by atoms with van der Waals surface area (Å²) in [7, 11) is 0. The SMILES string of the molecule is CCCCCCCCCCN(CCCCCCCCCC)CC(C)N(CCCCCCCCCC)CCCCCCCCCC. The molecular weight excluding hydrogens is 544 g/mol. The van der Waals surface area contributed by atoms with Crippen LogP contribution in [0.2, 0.25) is 0 Å². The molecule has 0 fully saturated rings. The van der Waals surface area contributed by atoms with Crippen LogP contribution in [-0.4, -0.2) is 48.6 Å². The second-order valence-electron chi connectivity index (χ2n) is 15.1. The van der Waals surface area contributed by atoms with Gasteiger partial charge in [0, 0.05) is 12.6 Å². The Kier molecular flexibility index (Phi) is 38.3. The van der Waals surface area contributed by atoms with Crippen molar-refractivity contribution in [2.75, 3.05) is 32.7 Å². The first kappa shape index (κ1) is 44.9. The molecule has 2 nitrogen and oxygen atoms in total. The fourth-order valence-corrected chi connectivity index (χ4v) is 7.17. The van der Waals surface area contributed by atoms with E-state index in [-0.39, 0.29) is 0 Å². The van der Waals surface area contributed by atoms with E-state index in [4.69, 9.17) is 0 Å². The maximum Gasteiger partial charge on any atom is 0.0194 e. The van der Waals surface area contributed by atoms with Gasteiger partial charge in [-0.3, -0.25) is 4.90 Å². The van der Waals surface area contributed by atoms with Crippen LogP contribution in [0, 0.1) is 0 Å². The molecule has 0 N–H and O–H groups in total. The Balaban J connectivity index is 4.79. The van der Waals surface area contributed by atoms with E-state index in [1.54, 1.807) is 0 Å². The third-order valence-corrected chi connectivity index (χ3v) is 10.4. The molecule has 0 amide bonds. The van der Waals surface area contributed by atoms with Crippen molar-refractivity contribution in [3.05, 3.63) is 0 Å². The average molecular weight is 635 g/mol. The molecule has 0 saturated carbocycles. The number of nitrogens with zero attached hydrogens (tertiary/aromatic N) is 2. The molecule has 0 spiro atoms. The van der Waals surface area contributed by atoms with Crippen LogP contribution < -0.4 is 0 Å². The van der Waals surface area contributed by atoms with Crippen LogP contribution in [0.4, 0.5) is 0 Å². The highest BCUT2D eigenvalue weighted by molar-refractivity contribution is 4.73. The van der Waals surface area contributed by atoms with Crippen LogP contribution in [0.25, 0.3) is 0 Å². The molecule has 1 unspecified atom stereocenters. The van der Waals surface area contributed by atoms with E-state index in [1.165, 1.54) is 238 Å². The van der Waals surface area contributed by atoms with Gasteiger partial charge in [0.1, 0.15) is 0 Å². The van der Waals surface area contributed by atoms with Crippen molar-refractivity contribution in [3.63, 3.8) is 0 Å². The maximum atomic E-state index is 2.92. The number of hydrogen-bond donors (Lipinski definition) is 0. The molecule has 272 valence electrons. The van der Waals surface area contributed by atoms with Crippen LogP contribution in [0.15, 0.2) is 0 Å². The van der Waals surface area contributed by atoms with Crippen LogP contribution in [0.3, 0.4) is 0 Å². The molecule has 0 radical (unpaired) electrons. The molecule has 45 heavy (non-hydrogen) atoms. The zero-order valence-electron chi connectivity index (χ0n) is 32.6. The number of rotatable bonds is 39. The monoisotopic (exact) mass is 635 g/mol. The molecular formula is C43H90N2. The summed E-state index contributed by atoms with van der Waals surface area (Å²) in [6.45, 7) is 18.5. The molecule has 0 rings (SSSR count). The van der Waals surface area contributed by atoms with Crippen molar-refractivity contribution >= 4 is 0 Å². The van der Waals surface area contributed by atoms with Gasteiger partial charge in [-0.05, 0) is 58.8 Å². The number of unbranched alkanes of at least 4 members (excludes halogenated alkanes) is 28. The smallest absolute Gasteiger partial charge is 0.0194 e. The van der Waals surface area contributed by atoms with Gasteiger partial charge in [-0.1, -0.05) is 207 Å². The van der Waals surface area contributed by atoms with Crippen LogP contribution >= 0.6 is 0 Å². The Labute approximate surface area is 288 Å². The standard InChI is InChI=1S/C43H90N2/c1-6-10-14-18-22-26-30-34-38-44(39-35-31-27-23-19-15-11-7-2)42-43(5)45(40-36-32-28-24-20-16-12-8-3)41-37-33-29-25-21-17-13-9-4/h43H,6-42H2,1-5H3. The fraction of sp³-hybridized carbons (Fsp3) is 1.00. The third-order valence-electron chi connectivity index (χ3n) is 10.4. The summed E-state index contributed by atoms with van der Waals surface area (Å²) in [5.41, 5.74) is 0. The lowest BCUT2D eigenvalue weighted by atomic mass is 10.1. The minimum atomic E-state index is 0.696. The summed E-state index contributed by atoms with van der Waals surface area (Å²) in [6, 6.07) is 0.696. The summed E-state index contributed by atoms with van der Waals surface area (Å²) < 4.78 is 0. The first-order chi connectivity index (χ1) is 22.2. The van der Waals surface area contributed by atoms with E-state index < -0.39 is 0 Å². The van der Waals surface area contributed by atoms with Crippen LogP contribution in [0.1, 0.15) is 240 Å². The van der Waals surface area contributed by atoms with Crippen molar-refractivity contribution < 1.29 is 0 Å². The molecule has 0 aliphatic carbocycles. The summed E-state index contributed by atoms with van der Waals surface area (Å²) in [5.74, 6) is 0. The zero-order chi connectivity index (χ0) is 32.9. The van der Waals surface area contributed by atoms with Crippen molar-refractivity contribution in [2.24, 2.45) is 0 Å². The minimum absolute atomic E-state index is 0.696. The molecule has 0 aromatic carbocycles. The van der Waals surface area contributed by atoms with Gasteiger partial charge in [0.25, 0.3) is 0 Å². The molecule has 0 aliphatic heterocycles. The molecule has 0 aliphatic rings. The predicted molar refractivity (Wildman–Crippen MR) is 208 cm³/mol. The first-order valence-corrected chi connectivity index (χ1v) is 21.7. The van der Waals surface area contributed by atoms with E-state index in [0.717, 1.165) is 0 Å². The van der Waals surface area contributed by atoms with E-state index >= 15 is 0 Å². The average Bonchev–Trinajstić information content (AvgIpc) is 3.04. The summed E-state index contributed by atoms with van der Waals surface area (Å²) in [5, 5.41) is 0. The van der Waals surface area contributed by atoms with Gasteiger partial charge in [-0.2, -0.15) is 0 Å². The second kappa shape index (κ2) is 38.4. The van der Waals surface area contributed by atoms with Gasteiger partial charge < -0.3 is 4.90 Å². The fourth-order valence-electron chi connectivity index (χ4n) is 7.17. The predicted octanol–water partition coefficient (Wildman–Crippen LogP) is 14.5. The largest absolute Gasteiger partial charge is 0.302 e. The van der Waals surface area contributed by atoms with E-state index in [1.807, 2.05) is 0 Å². The molecule has 0 heterocycles. The molecule has 0 aromatic rings. The molecule has 2 heteroatoms. The highest BCUT2D eigenvalue weighted by Gasteiger charge is 2.17. The second-order valence-corrected chi connectivity index (χ2v) is 15.1. The van der Waals surface area contributed by atoms with Crippen molar-refractivity contribution in [2.45, 2.75) is 246 Å². The van der Waals surface area contributed by atoms with Gasteiger partial charge in [0.05, 0.1) is 0 Å². The minimum Gasteiger partial charge on any atom is -0.302 e. The Bertz CT molecular complexity index is 480. The zero-order valence-corrected chi connectivity index (χ0v) is 32.6. The first-order valence-electron chi connectivity index (χ1n) is 21.7. The van der Waals surface area contributed by atoms with E-state index in [9.17, 15) is 0 Å². The summed E-state index contributed by atoms with van der Waals surface area (Å²) >= 11 is 0. The molecule has 0 bridgehead atoms. The van der Waals surface area contributed by atoms with Crippen molar-refractivity contribution in [1.29, 1.82) is 0 Å². The van der Waals surface area contributed by atoms with Crippen LogP contribution in [-0.2, 0) is 0 Å². The van der Waals surface area contributed by atoms with Crippen molar-refractivity contribution in [3.8, 4) is 0 Å². The van der Waals surface area contributed by atoms with Crippen LogP contribution in [0.5, 0.6) is 0 Å². The Morgan fingerprint density at radius 1 is 0.289 bits per heavy atom. The van der Waals surface area contributed by atoms with E-state index in [0.29, 0.717) is 6.04 Å². The Morgan fingerprint density at radius 3 is 0.778 bits per heavy atom. The number of hydrogen-bond acceptors (Lipinski definition) is 2. The third kappa shape index (κ3) is 33.6. The van der Waals surface area contributed by atoms with Gasteiger partial charge in [0.15, 0.2) is 0 Å². The van der Waals surface area contributed by atoms with Crippen molar-refractivity contribution in [1.82, 2.24) is 9.80 Å². The Morgan fingerprint density at radius 2 is 0.511 bits per heavy atom. The topological polar surface area (TPSA) is 6.48 Å². The highest BCUT2D eigenvalue weighted by atomic mass is 15.2. The lowest BCUT2D eigenvalue weighted by Gasteiger charge is -2.34. The highest BCUT2D eigenvalue weighted by Crippen LogP contribution is 2.16. The normalized spacial score (nSPS) is 12.6. The van der Waals surface area contributed by atoms with Gasteiger partial charge in [-0.25, -0.2) is 0 Å². The summed E-state index contributed by atoms with van der Waals surface area (Å²) in [6.07, 6.45) is 45.8. The Hall–Kier alpha value is -0.0800. The molecule has 0 aromatic heterocycles. The lowest BCUT2D eigenvalue weighted by molar-refractivity contribution is 0.140. The van der Waals surface area contributed by atoms with Gasteiger partial charge >= 0.3 is 0 Å². The quantitative estimate of drug-likeness (QED) is 0.0621. The van der Waals surface area contributed by atoms with Gasteiger partial charge in [0.2, 0.25) is 0 Å². The van der Waals surface area contributed by atoms with Gasteiger partial charge in [-0.15, -0.1) is 0 Å². The molecule has 0 saturated heterocycles. The summed E-state index contributed by atoms with van der Waals surface area (Å²) in [4.78, 5) is 5.82. The maximum absolute atomic E-state index is 2.92. The van der Waals surface area contributed by atoms with E-state index in [2.05, 4.69) is 44.4 Å². The lowest BCUT2D eigenvalue weighted by Crippen LogP contribution is -2.44. The molecule has 1 atom stereocenters.